The smallest absolute Gasteiger partial charge is 0.339 e. The predicted octanol–water partition coefficient (Wildman–Crippen LogP) is 2.06. The molecule has 0 bridgehead atoms. The lowest BCUT2D eigenvalue weighted by Crippen LogP contribution is -2.32. The molecule has 0 saturated carbocycles. The number of hydrogen-bond acceptors (Lipinski definition) is 3. The number of anilines is 1. The molecule has 21 heavy (non-hydrogen) atoms. The number of carbonyl (C=O) groups is 2. The highest BCUT2D eigenvalue weighted by Gasteiger charge is 2.15. The third kappa shape index (κ3) is 3.96. The summed E-state index contributed by atoms with van der Waals surface area (Å²) in [4.78, 5) is 22.9. The van der Waals surface area contributed by atoms with Gasteiger partial charge in [-0.15, -0.1) is 0 Å². The lowest BCUT2D eigenvalue weighted by Gasteiger charge is -2.10. The Morgan fingerprint density at radius 2 is 2.14 bits per heavy atom. The normalized spacial score (nSPS) is 10.1. The lowest BCUT2D eigenvalue weighted by atomic mass is 10.2. The summed E-state index contributed by atoms with van der Waals surface area (Å²) in [5, 5.41) is 18.2. The van der Waals surface area contributed by atoms with Gasteiger partial charge in [-0.25, -0.2) is 9.59 Å². The van der Waals surface area contributed by atoms with E-state index in [0.717, 1.165) is 0 Å². The van der Waals surface area contributed by atoms with Gasteiger partial charge in [0.15, 0.2) is 0 Å². The maximum atomic E-state index is 11.7. The molecular formula is C13H13ClN4O3. The minimum atomic E-state index is -1.20. The van der Waals surface area contributed by atoms with E-state index in [2.05, 4.69) is 15.7 Å². The largest absolute Gasteiger partial charge is 0.478 e. The van der Waals surface area contributed by atoms with Gasteiger partial charge in [-0.05, 0) is 18.2 Å². The maximum Gasteiger partial charge on any atom is 0.339 e. The molecule has 0 unspecified atom stereocenters. The molecule has 0 aliphatic carbocycles. The van der Waals surface area contributed by atoms with Crippen LogP contribution in [0, 0.1) is 0 Å². The first-order valence-corrected chi connectivity index (χ1v) is 6.50. The van der Waals surface area contributed by atoms with Gasteiger partial charge in [0.2, 0.25) is 0 Å². The molecule has 110 valence electrons. The van der Waals surface area contributed by atoms with E-state index in [-0.39, 0.29) is 16.3 Å². The number of benzene rings is 1. The minimum absolute atomic E-state index is 0.0665. The van der Waals surface area contributed by atoms with E-state index in [4.69, 9.17) is 16.7 Å². The molecule has 0 aliphatic heterocycles. The number of aromatic carboxylic acids is 1. The predicted molar refractivity (Wildman–Crippen MR) is 77.7 cm³/mol. The van der Waals surface area contributed by atoms with Crippen LogP contribution in [-0.2, 0) is 6.54 Å². The molecule has 2 amide bonds. The van der Waals surface area contributed by atoms with Crippen LogP contribution >= 0.6 is 11.6 Å². The van der Waals surface area contributed by atoms with Gasteiger partial charge in [-0.1, -0.05) is 17.7 Å². The fraction of sp³-hybridized carbons (Fsp3) is 0.154. The molecule has 1 heterocycles. The number of carboxylic acids is 1. The van der Waals surface area contributed by atoms with E-state index >= 15 is 0 Å². The third-order valence-electron chi connectivity index (χ3n) is 2.66. The van der Waals surface area contributed by atoms with Crippen molar-refractivity contribution in [1.82, 2.24) is 15.1 Å². The van der Waals surface area contributed by atoms with E-state index in [1.54, 1.807) is 29.2 Å². The van der Waals surface area contributed by atoms with Gasteiger partial charge in [0.1, 0.15) is 5.56 Å². The van der Waals surface area contributed by atoms with Crippen molar-refractivity contribution in [2.24, 2.45) is 0 Å². The van der Waals surface area contributed by atoms with E-state index in [0.29, 0.717) is 13.1 Å². The zero-order valence-electron chi connectivity index (χ0n) is 10.9. The standard InChI is InChI=1S/C13H13ClN4O3/c14-9-3-1-4-10(11(9)12(19)20)17-13(21)15-6-8-18-7-2-5-16-18/h1-5,7H,6,8H2,(H,19,20)(H2,15,17,21). The summed E-state index contributed by atoms with van der Waals surface area (Å²) in [5.41, 5.74) is 0.00739. The highest BCUT2D eigenvalue weighted by molar-refractivity contribution is 6.34. The Balaban J connectivity index is 1.93. The number of rotatable bonds is 5. The number of urea groups is 1. The molecule has 1 aromatic heterocycles. The van der Waals surface area contributed by atoms with Crippen LogP contribution < -0.4 is 10.6 Å². The summed E-state index contributed by atoms with van der Waals surface area (Å²) in [6.07, 6.45) is 3.42. The first-order chi connectivity index (χ1) is 10.1. The van der Waals surface area contributed by atoms with E-state index < -0.39 is 12.0 Å². The Hall–Kier alpha value is -2.54. The Labute approximate surface area is 125 Å². The van der Waals surface area contributed by atoms with Crippen LogP contribution in [0.2, 0.25) is 5.02 Å². The SMILES string of the molecule is O=C(NCCn1cccn1)Nc1cccc(Cl)c1C(=O)O. The molecule has 3 N–H and O–H groups in total. The van der Waals surface area contributed by atoms with Crippen molar-refractivity contribution in [1.29, 1.82) is 0 Å². The highest BCUT2D eigenvalue weighted by Crippen LogP contribution is 2.24. The number of hydrogen-bond donors (Lipinski definition) is 3. The zero-order chi connectivity index (χ0) is 15.2. The van der Waals surface area contributed by atoms with Crippen LogP contribution in [0.3, 0.4) is 0 Å². The number of aromatic nitrogens is 2. The van der Waals surface area contributed by atoms with E-state index in [1.807, 2.05) is 0 Å². The van der Waals surface area contributed by atoms with Crippen LogP contribution in [0.4, 0.5) is 10.5 Å². The second-order valence-corrected chi connectivity index (χ2v) is 4.52. The van der Waals surface area contributed by atoms with Crippen molar-refractivity contribution in [3.63, 3.8) is 0 Å². The molecule has 7 nitrogen and oxygen atoms in total. The number of halogens is 1. The first kappa shape index (κ1) is 14.9. The third-order valence-corrected chi connectivity index (χ3v) is 2.98. The molecule has 0 aliphatic rings. The Kier molecular flexibility index (Phi) is 4.78. The molecule has 0 fully saturated rings. The average Bonchev–Trinajstić information content (AvgIpc) is 2.91. The monoisotopic (exact) mass is 308 g/mol. The van der Waals surface area contributed by atoms with Crippen molar-refractivity contribution in [2.75, 3.05) is 11.9 Å². The summed E-state index contributed by atoms with van der Waals surface area (Å²) in [6.45, 7) is 0.873. The Bertz CT molecular complexity index is 643. The van der Waals surface area contributed by atoms with Gasteiger partial charge in [0.05, 0.1) is 17.3 Å². The summed E-state index contributed by atoms with van der Waals surface area (Å²) in [6, 6.07) is 5.76. The second kappa shape index (κ2) is 6.76. The number of amides is 2. The van der Waals surface area contributed by atoms with Gasteiger partial charge >= 0.3 is 12.0 Å². The molecule has 0 atom stereocenters. The van der Waals surface area contributed by atoms with Crippen LogP contribution in [0.5, 0.6) is 0 Å². The lowest BCUT2D eigenvalue weighted by molar-refractivity contribution is 0.0698. The molecule has 1 aromatic carbocycles. The zero-order valence-corrected chi connectivity index (χ0v) is 11.7. The molecule has 0 spiro atoms. The van der Waals surface area contributed by atoms with Gasteiger partial charge in [-0.3, -0.25) is 4.68 Å². The maximum absolute atomic E-state index is 11.7. The van der Waals surface area contributed by atoms with Crippen molar-refractivity contribution in [2.45, 2.75) is 6.54 Å². The van der Waals surface area contributed by atoms with Crippen LogP contribution in [-0.4, -0.2) is 33.4 Å². The van der Waals surface area contributed by atoms with Gasteiger partial charge in [0.25, 0.3) is 0 Å². The van der Waals surface area contributed by atoms with Gasteiger partial charge < -0.3 is 15.7 Å². The number of nitrogens with zero attached hydrogens (tertiary/aromatic N) is 2. The average molecular weight is 309 g/mol. The van der Waals surface area contributed by atoms with Gasteiger partial charge in [-0.2, -0.15) is 5.10 Å². The minimum Gasteiger partial charge on any atom is -0.478 e. The highest BCUT2D eigenvalue weighted by atomic mass is 35.5. The molecule has 2 aromatic rings. The van der Waals surface area contributed by atoms with Crippen LogP contribution in [0.15, 0.2) is 36.7 Å². The molecule has 8 heteroatoms. The Morgan fingerprint density at radius 1 is 1.33 bits per heavy atom. The van der Waals surface area contributed by atoms with Crippen molar-refractivity contribution >= 4 is 29.3 Å². The first-order valence-electron chi connectivity index (χ1n) is 6.12. The number of carbonyl (C=O) groups excluding carboxylic acids is 1. The summed E-state index contributed by atoms with van der Waals surface area (Å²) < 4.78 is 1.67. The van der Waals surface area contributed by atoms with Crippen molar-refractivity contribution in [3.05, 3.63) is 47.2 Å². The fourth-order valence-corrected chi connectivity index (χ4v) is 1.98. The van der Waals surface area contributed by atoms with Crippen LogP contribution in [0.1, 0.15) is 10.4 Å². The second-order valence-electron chi connectivity index (χ2n) is 4.12. The fourth-order valence-electron chi connectivity index (χ4n) is 1.73. The van der Waals surface area contributed by atoms with Gasteiger partial charge in [0, 0.05) is 18.9 Å². The molecule has 2 rings (SSSR count). The quantitative estimate of drug-likeness (QED) is 0.787. The molecule has 0 saturated heterocycles. The topological polar surface area (TPSA) is 96.3 Å². The number of carboxylic acid groups (broad SMARTS) is 1. The molecular weight excluding hydrogens is 296 g/mol. The number of nitrogens with one attached hydrogen (secondary N) is 2. The van der Waals surface area contributed by atoms with Crippen LogP contribution in [0.25, 0.3) is 0 Å². The van der Waals surface area contributed by atoms with E-state index in [9.17, 15) is 9.59 Å². The molecule has 0 radical (unpaired) electrons. The van der Waals surface area contributed by atoms with E-state index in [1.165, 1.54) is 12.1 Å². The summed E-state index contributed by atoms with van der Waals surface area (Å²) >= 11 is 5.82. The summed E-state index contributed by atoms with van der Waals surface area (Å²) in [5.74, 6) is -1.20. The van der Waals surface area contributed by atoms with Crippen molar-refractivity contribution in [3.8, 4) is 0 Å². The summed E-state index contributed by atoms with van der Waals surface area (Å²) in [7, 11) is 0. The van der Waals surface area contributed by atoms with Crippen molar-refractivity contribution < 1.29 is 14.7 Å². The Morgan fingerprint density at radius 3 is 2.81 bits per heavy atom.